The number of fused-ring (bicyclic) bond motifs is 1. The van der Waals surface area contributed by atoms with E-state index in [1.54, 1.807) is 48.5 Å². The molecule has 0 atom stereocenters. The molecule has 0 amide bonds. The van der Waals surface area contributed by atoms with Crippen molar-refractivity contribution in [2.24, 2.45) is 0 Å². The predicted octanol–water partition coefficient (Wildman–Crippen LogP) is 3.08. The fourth-order valence-electron chi connectivity index (χ4n) is 3.48. The van der Waals surface area contributed by atoms with Crippen molar-refractivity contribution in [3.05, 3.63) is 98.9 Å². The van der Waals surface area contributed by atoms with Crippen molar-refractivity contribution in [3.8, 4) is 11.4 Å². The van der Waals surface area contributed by atoms with Gasteiger partial charge in [0, 0.05) is 17.1 Å². The summed E-state index contributed by atoms with van der Waals surface area (Å²) in [5, 5.41) is 0.427. The molecule has 32 heavy (non-hydrogen) atoms. The van der Waals surface area contributed by atoms with Gasteiger partial charge < -0.3 is 9.30 Å². The molecule has 0 saturated heterocycles. The summed E-state index contributed by atoms with van der Waals surface area (Å²) in [5.41, 5.74) is 0.0207. The normalized spacial score (nSPS) is 10.9. The van der Waals surface area contributed by atoms with Crippen molar-refractivity contribution in [2.45, 2.75) is 13.1 Å². The fraction of sp³-hybridized carbons (Fsp3) is 0.130. The van der Waals surface area contributed by atoms with Gasteiger partial charge in [0.25, 0.3) is 5.56 Å². The van der Waals surface area contributed by atoms with Gasteiger partial charge in [-0.2, -0.15) is 0 Å². The third kappa shape index (κ3) is 3.76. The maximum Gasteiger partial charge on any atom is 0.337 e. The van der Waals surface area contributed by atoms with E-state index in [2.05, 4.69) is 11.6 Å². The standard InChI is InChI=1S/C23H19ClN4O4/c1-3-10-27-22(30)20-21(28(23(27)31)17-8-5-7-16(24)12-17)25-14-26(20)13-19(29)15-6-4-9-18(11-15)32-2/h3-9,11-12,14H,1,10,13H2,2H3. The first-order valence-electron chi connectivity index (χ1n) is 9.69. The van der Waals surface area contributed by atoms with Crippen molar-refractivity contribution < 1.29 is 9.53 Å². The molecule has 8 nitrogen and oxygen atoms in total. The molecule has 0 aliphatic rings. The molecule has 0 unspecified atom stereocenters. The SMILES string of the molecule is C=CCn1c(=O)c2c(ncn2CC(=O)c2cccc(OC)c2)n(-c2cccc(Cl)c2)c1=O. The molecule has 0 fully saturated rings. The molecule has 4 aromatic rings. The first kappa shape index (κ1) is 21.3. The lowest BCUT2D eigenvalue weighted by molar-refractivity contribution is 0.0973. The number of Topliss-reactive ketones (excluding diaryl/α,β-unsaturated/α-hetero) is 1. The van der Waals surface area contributed by atoms with Crippen molar-refractivity contribution in [3.63, 3.8) is 0 Å². The minimum Gasteiger partial charge on any atom is -0.497 e. The van der Waals surface area contributed by atoms with Crippen LogP contribution in [0.3, 0.4) is 0 Å². The Kier molecular flexibility index (Phi) is 5.79. The Labute approximate surface area is 187 Å². The molecule has 0 bridgehead atoms. The van der Waals surface area contributed by atoms with Gasteiger partial charge in [-0.1, -0.05) is 35.9 Å². The topological polar surface area (TPSA) is 88.1 Å². The van der Waals surface area contributed by atoms with E-state index in [1.165, 1.54) is 28.6 Å². The summed E-state index contributed by atoms with van der Waals surface area (Å²) in [6, 6.07) is 13.4. The highest BCUT2D eigenvalue weighted by Gasteiger charge is 2.20. The Morgan fingerprint density at radius 2 is 1.97 bits per heavy atom. The maximum absolute atomic E-state index is 13.2. The van der Waals surface area contributed by atoms with E-state index >= 15 is 0 Å². The van der Waals surface area contributed by atoms with Crippen LogP contribution in [0.2, 0.25) is 5.02 Å². The molecule has 2 heterocycles. The minimum absolute atomic E-state index is 0.00316. The number of ketones is 1. The zero-order valence-corrected chi connectivity index (χ0v) is 18.0. The number of carbonyl (C=O) groups excluding carboxylic acids is 1. The van der Waals surface area contributed by atoms with Crippen molar-refractivity contribution in [2.75, 3.05) is 7.11 Å². The monoisotopic (exact) mass is 450 g/mol. The lowest BCUT2D eigenvalue weighted by Gasteiger charge is -2.12. The summed E-state index contributed by atoms with van der Waals surface area (Å²) in [5.74, 6) is 0.313. The Bertz CT molecular complexity index is 1470. The second-order valence-electron chi connectivity index (χ2n) is 7.00. The van der Waals surface area contributed by atoms with Crippen LogP contribution in [0, 0.1) is 0 Å². The van der Waals surface area contributed by atoms with Gasteiger partial charge in [0.1, 0.15) is 5.75 Å². The highest BCUT2D eigenvalue weighted by molar-refractivity contribution is 6.30. The van der Waals surface area contributed by atoms with E-state index in [-0.39, 0.29) is 30.0 Å². The van der Waals surface area contributed by atoms with Crippen LogP contribution < -0.4 is 16.0 Å². The number of hydrogen-bond donors (Lipinski definition) is 0. The van der Waals surface area contributed by atoms with E-state index in [1.807, 2.05) is 0 Å². The molecular weight excluding hydrogens is 432 g/mol. The summed E-state index contributed by atoms with van der Waals surface area (Å²) in [7, 11) is 1.52. The first-order chi connectivity index (χ1) is 15.4. The molecule has 0 aliphatic heterocycles. The fourth-order valence-corrected chi connectivity index (χ4v) is 3.66. The number of carbonyl (C=O) groups is 1. The van der Waals surface area contributed by atoms with Gasteiger partial charge in [0.15, 0.2) is 16.9 Å². The number of rotatable bonds is 7. The Hall–Kier alpha value is -3.91. The smallest absolute Gasteiger partial charge is 0.337 e. The van der Waals surface area contributed by atoms with Gasteiger partial charge in [0.05, 0.1) is 25.7 Å². The third-order valence-corrected chi connectivity index (χ3v) is 5.22. The average Bonchev–Trinajstić information content (AvgIpc) is 3.20. The average molecular weight is 451 g/mol. The lowest BCUT2D eigenvalue weighted by Crippen LogP contribution is -2.40. The predicted molar refractivity (Wildman–Crippen MR) is 122 cm³/mol. The van der Waals surface area contributed by atoms with Crippen LogP contribution in [0.25, 0.3) is 16.9 Å². The number of methoxy groups -OCH3 is 1. The molecule has 0 radical (unpaired) electrons. The van der Waals surface area contributed by atoms with Crippen LogP contribution in [0.1, 0.15) is 10.4 Å². The van der Waals surface area contributed by atoms with Crippen molar-refractivity contribution in [1.82, 2.24) is 18.7 Å². The summed E-state index contributed by atoms with van der Waals surface area (Å²) in [6.07, 6.45) is 2.84. The van der Waals surface area contributed by atoms with Crippen LogP contribution in [0.5, 0.6) is 5.75 Å². The van der Waals surface area contributed by atoms with Gasteiger partial charge in [0.2, 0.25) is 0 Å². The minimum atomic E-state index is -0.575. The Balaban J connectivity index is 1.91. The quantitative estimate of drug-likeness (QED) is 0.319. The number of nitrogens with zero attached hydrogens (tertiary/aromatic N) is 4. The van der Waals surface area contributed by atoms with E-state index in [0.29, 0.717) is 22.0 Å². The number of allylic oxidation sites excluding steroid dienone is 1. The van der Waals surface area contributed by atoms with Gasteiger partial charge in [-0.15, -0.1) is 6.58 Å². The second kappa shape index (κ2) is 8.68. The summed E-state index contributed by atoms with van der Waals surface area (Å²) >= 11 is 6.12. The summed E-state index contributed by atoms with van der Waals surface area (Å²) in [4.78, 5) is 43.5. The molecule has 0 aliphatic carbocycles. The number of hydrogen-bond acceptors (Lipinski definition) is 5. The number of halogens is 1. The molecule has 9 heteroatoms. The molecular formula is C23H19ClN4O4. The highest BCUT2D eigenvalue weighted by atomic mass is 35.5. The van der Waals surface area contributed by atoms with E-state index in [9.17, 15) is 14.4 Å². The van der Waals surface area contributed by atoms with Crippen molar-refractivity contribution in [1.29, 1.82) is 0 Å². The molecule has 4 rings (SSSR count). The third-order valence-electron chi connectivity index (χ3n) is 4.98. The van der Waals surface area contributed by atoms with Crippen LogP contribution in [0.15, 0.2) is 77.1 Å². The molecule has 0 N–H and O–H groups in total. The van der Waals surface area contributed by atoms with Gasteiger partial charge >= 0.3 is 5.69 Å². The van der Waals surface area contributed by atoms with E-state index in [4.69, 9.17) is 16.3 Å². The lowest BCUT2D eigenvalue weighted by atomic mass is 10.1. The number of benzene rings is 2. The Morgan fingerprint density at radius 3 is 2.69 bits per heavy atom. The maximum atomic E-state index is 13.2. The number of imidazole rings is 1. The molecule has 2 aromatic heterocycles. The van der Waals surface area contributed by atoms with Gasteiger partial charge in [-0.05, 0) is 30.3 Å². The van der Waals surface area contributed by atoms with Gasteiger partial charge in [-0.25, -0.2) is 14.3 Å². The zero-order valence-electron chi connectivity index (χ0n) is 17.2. The number of ether oxygens (including phenoxy) is 1. The van der Waals surface area contributed by atoms with Crippen LogP contribution in [-0.2, 0) is 13.1 Å². The molecule has 0 spiro atoms. The van der Waals surface area contributed by atoms with Crippen LogP contribution in [0.4, 0.5) is 0 Å². The largest absolute Gasteiger partial charge is 0.497 e. The molecule has 2 aromatic carbocycles. The van der Waals surface area contributed by atoms with Crippen LogP contribution in [-0.4, -0.2) is 31.6 Å². The number of aromatic nitrogens is 4. The summed E-state index contributed by atoms with van der Waals surface area (Å²) in [6.45, 7) is 3.50. The van der Waals surface area contributed by atoms with E-state index in [0.717, 1.165) is 4.57 Å². The summed E-state index contributed by atoms with van der Waals surface area (Å²) < 4.78 is 8.97. The Morgan fingerprint density at radius 1 is 1.19 bits per heavy atom. The molecule has 162 valence electrons. The highest BCUT2D eigenvalue weighted by Crippen LogP contribution is 2.18. The van der Waals surface area contributed by atoms with Crippen molar-refractivity contribution >= 4 is 28.5 Å². The molecule has 0 saturated carbocycles. The van der Waals surface area contributed by atoms with Gasteiger partial charge in [-0.3, -0.25) is 14.2 Å². The zero-order chi connectivity index (χ0) is 22.8. The van der Waals surface area contributed by atoms with E-state index < -0.39 is 11.2 Å². The first-order valence-corrected chi connectivity index (χ1v) is 10.1. The second-order valence-corrected chi connectivity index (χ2v) is 7.44. The van der Waals surface area contributed by atoms with Crippen LogP contribution >= 0.6 is 11.6 Å².